The molecular weight excluding hydrogens is 444 g/mol. The number of hydrogen-bond acceptors (Lipinski definition) is 4. The molecule has 1 saturated heterocycles. The van der Waals surface area contributed by atoms with Crippen molar-refractivity contribution in [3.05, 3.63) is 89.4 Å². The van der Waals surface area contributed by atoms with Crippen LogP contribution in [0.2, 0.25) is 5.02 Å². The van der Waals surface area contributed by atoms with Crippen molar-refractivity contribution in [1.29, 1.82) is 0 Å². The van der Waals surface area contributed by atoms with E-state index in [4.69, 9.17) is 16.3 Å². The first-order chi connectivity index (χ1) is 15.5. The molecule has 0 spiro atoms. The largest absolute Gasteiger partial charge is 0.496 e. The van der Waals surface area contributed by atoms with Crippen molar-refractivity contribution >= 4 is 27.3 Å². The maximum absolute atomic E-state index is 13.7. The van der Waals surface area contributed by atoms with Crippen molar-refractivity contribution in [2.45, 2.75) is 30.3 Å². The summed E-state index contributed by atoms with van der Waals surface area (Å²) >= 11 is 5.99. The number of likely N-dealkylation sites (tertiary alicyclic amines) is 1. The van der Waals surface area contributed by atoms with Crippen LogP contribution in [0.15, 0.2) is 83.8 Å². The second kappa shape index (κ2) is 9.94. The Kier molecular flexibility index (Phi) is 7.04. The molecule has 168 valence electrons. The smallest absolute Gasteiger partial charge is 0.264 e. The average Bonchev–Trinajstić information content (AvgIpc) is 2.81. The number of piperidine rings is 1. The van der Waals surface area contributed by atoms with Gasteiger partial charge in [-0.1, -0.05) is 48.0 Å². The molecule has 0 aromatic heterocycles. The van der Waals surface area contributed by atoms with Crippen LogP contribution in [0.5, 0.6) is 5.75 Å². The molecule has 0 amide bonds. The van der Waals surface area contributed by atoms with Gasteiger partial charge in [-0.05, 0) is 55.3 Å². The first kappa shape index (κ1) is 22.6. The molecule has 0 aliphatic carbocycles. The highest BCUT2D eigenvalue weighted by atomic mass is 35.5. The number of para-hydroxylation sites is 2. The Bertz CT molecular complexity index is 1130. The van der Waals surface area contributed by atoms with E-state index in [1.54, 1.807) is 35.7 Å². The van der Waals surface area contributed by atoms with Gasteiger partial charge in [-0.3, -0.25) is 9.21 Å². The zero-order chi connectivity index (χ0) is 22.6. The monoisotopic (exact) mass is 470 g/mol. The van der Waals surface area contributed by atoms with Crippen LogP contribution in [0.1, 0.15) is 18.4 Å². The topological polar surface area (TPSA) is 49.9 Å². The lowest BCUT2D eigenvalue weighted by Gasteiger charge is -2.39. The van der Waals surface area contributed by atoms with E-state index in [2.05, 4.69) is 11.0 Å². The van der Waals surface area contributed by atoms with Crippen LogP contribution in [0.3, 0.4) is 0 Å². The maximum atomic E-state index is 13.7. The van der Waals surface area contributed by atoms with Crippen molar-refractivity contribution in [1.82, 2.24) is 4.90 Å². The van der Waals surface area contributed by atoms with E-state index in [1.165, 1.54) is 0 Å². The SMILES string of the molecule is COc1ccccc1CN1CCC(N(c2ccccc2)S(=O)(=O)c2ccc(Cl)cc2)CC1. The number of ether oxygens (including phenoxy) is 1. The minimum Gasteiger partial charge on any atom is -0.496 e. The summed E-state index contributed by atoms with van der Waals surface area (Å²) in [6.07, 6.45) is 1.49. The molecule has 5 nitrogen and oxygen atoms in total. The molecule has 1 heterocycles. The molecule has 1 fully saturated rings. The summed E-state index contributed by atoms with van der Waals surface area (Å²) in [5.74, 6) is 0.880. The highest BCUT2D eigenvalue weighted by Gasteiger charge is 2.34. The molecule has 0 unspecified atom stereocenters. The van der Waals surface area contributed by atoms with E-state index in [1.807, 2.05) is 48.5 Å². The minimum absolute atomic E-state index is 0.119. The zero-order valence-electron chi connectivity index (χ0n) is 18.0. The molecule has 3 aromatic carbocycles. The van der Waals surface area contributed by atoms with Gasteiger partial charge in [0, 0.05) is 36.3 Å². The van der Waals surface area contributed by atoms with Gasteiger partial charge in [-0.2, -0.15) is 0 Å². The van der Waals surface area contributed by atoms with Crippen LogP contribution >= 0.6 is 11.6 Å². The van der Waals surface area contributed by atoms with Gasteiger partial charge in [0.2, 0.25) is 0 Å². The van der Waals surface area contributed by atoms with Crippen LogP contribution < -0.4 is 9.04 Å². The van der Waals surface area contributed by atoms with Crippen LogP contribution in [-0.4, -0.2) is 39.6 Å². The van der Waals surface area contributed by atoms with Gasteiger partial charge in [0.25, 0.3) is 10.0 Å². The molecule has 0 atom stereocenters. The third-order valence-corrected chi connectivity index (χ3v) is 8.00. The second-order valence-corrected chi connectivity index (χ2v) is 10.2. The van der Waals surface area contributed by atoms with Gasteiger partial charge in [-0.25, -0.2) is 8.42 Å². The third-order valence-electron chi connectivity index (χ3n) is 5.86. The van der Waals surface area contributed by atoms with Gasteiger partial charge in [0.15, 0.2) is 0 Å². The fourth-order valence-electron chi connectivity index (χ4n) is 4.23. The standard InChI is InChI=1S/C25H27ClN2O3S/c1-31-25-10-6-5-7-20(25)19-27-17-15-23(16-18-27)28(22-8-3-2-4-9-22)32(29,30)24-13-11-21(26)12-14-24/h2-14,23H,15-19H2,1H3. The van der Waals surface area contributed by atoms with E-state index < -0.39 is 10.0 Å². The number of nitrogens with zero attached hydrogens (tertiary/aromatic N) is 2. The Morgan fingerprint density at radius 3 is 2.22 bits per heavy atom. The van der Waals surface area contributed by atoms with Gasteiger partial charge in [0.1, 0.15) is 5.75 Å². The Morgan fingerprint density at radius 2 is 1.56 bits per heavy atom. The molecule has 1 aliphatic heterocycles. The van der Waals surface area contributed by atoms with E-state index in [0.29, 0.717) is 10.7 Å². The number of methoxy groups -OCH3 is 1. The van der Waals surface area contributed by atoms with Crippen molar-refractivity contribution in [2.75, 3.05) is 24.5 Å². The van der Waals surface area contributed by atoms with Crippen molar-refractivity contribution in [3.63, 3.8) is 0 Å². The second-order valence-electron chi connectivity index (χ2n) is 7.91. The first-order valence-electron chi connectivity index (χ1n) is 10.7. The van der Waals surface area contributed by atoms with Gasteiger partial charge in [-0.15, -0.1) is 0 Å². The van der Waals surface area contributed by atoms with Crippen LogP contribution in [0.4, 0.5) is 5.69 Å². The lowest BCUT2D eigenvalue weighted by molar-refractivity contribution is 0.204. The minimum atomic E-state index is -3.72. The van der Waals surface area contributed by atoms with Crippen molar-refractivity contribution < 1.29 is 13.2 Å². The zero-order valence-corrected chi connectivity index (χ0v) is 19.6. The maximum Gasteiger partial charge on any atom is 0.264 e. The summed E-state index contributed by atoms with van der Waals surface area (Å²) in [5, 5.41) is 0.514. The van der Waals surface area contributed by atoms with Crippen LogP contribution in [0.25, 0.3) is 0 Å². The highest BCUT2D eigenvalue weighted by molar-refractivity contribution is 7.92. The number of rotatable bonds is 7. The summed E-state index contributed by atoms with van der Waals surface area (Å²) in [6.45, 7) is 2.40. The Hall–Kier alpha value is -2.54. The number of benzene rings is 3. The molecular formula is C25H27ClN2O3S. The third kappa shape index (κ3) is 4.93. The summed E-state index contributed by atoms with van der Waals surface area (Å²) < 4.78 is 34.4. The number of sulfonamides is 1. The highest BCUT2D eigenvalue weighted by Crippen LogP contribution is 2.31. The summed E-state index contributed by atoms with van der Waals surface area (Å²) in [5.41, 5.74) is 1.83. The van der Waals surface area contributed by atoms with E-state index in [9.17, 15) is 8.42 Å². The lowest BCUT2D eigenvalue weighted by Crippen LogP contribution is -2.47. The molecule has 7 heteroatoms. The average molecular weight is 471 g/mol. The Balaban J connectivity index is 1.55. The fourth-order valence-corrected chi connectivity index (χ4v) is 6.06. The fraction of sp³-hybridized carbons (Fsp3) is 0.280. The van der Waals surface area contributed by atoms with Crippen LogP contribution in [0, 0.1) is 0 Å². The number of halogens is 1. The summed E-state index contributed by atoms with van der Waals surface area (Å²) in [4.78, 5) is 2.61. The molecule has 0 saturated carbocycles. The van der Waals surface area contributed by atoms with Crippen LogP contribution in [-0.2, 0) is 16.6 Å². The molecule has 4 rings (SSSR count). The Morgan fingerprint density at radius 1 is 0.938 bits per heavy atom. The predicted molar refractivity (Wildman–Crippen MR) is 129 cm³/mol. The van der Waals surface area contributed by atoms with E-state index >= 15 is 0 Å². The summed E-state index contributed by atoms with van der Waals surface area (Å²) in [7, 11) is -2.04. The Labute approximate surface area is 195 Å². The molecule has 3 aromatic rings. The van der Waals surface area contributed by atoms with Crippen molar-refractivity contribution in [3.8, 4) is 5.75 Å². The lowest BCUT2D eigenvalue weighted by atomic mass is 10.0. The predicted octanol–water partition coefficient (Wildman–Crippen LogP) is 5.21. The molecule has 0 N–H and O–H groups in total. The molecule has 0 bridgehead atoms. The first-order valence-corrected chi connectivity index (χ1v) is 12.5. The summed E-state index contributed by atoms with van der Waals surface area (Å²) in [6, 6.07) is 23.6. The van der Waals surface area contributed by atoms with Gasteiger partial charge in [0.05, 0.1) is 17.7 Å². The van der Waals surface area contributed by atoms with Gasteiger partial charge >= 0.3 is 0 Å². The number of anilines is 1. The van der Waals surface area contributed by atoms with Gasteiger partial charge < -0.3 is 4.74 Å². The molecule has 0 radical (unpaired) electrons. The number of hydrogen-bond donors (Lipinski definition) is 0. The normalized spacial score (nSPS) is 15.4. The van der Waals surface area contributed by atoms with Crippen molar-refractivity contribution in [2.24, 2.45) is 0 Å². The molecule has 1 aliphatic rings. The van der Waals surface area contributed by atoms with E-state index in [0.717, 1.165) is 43.8 Å². The quantitative estimate of drug-likeness (QED) is 0.475. The van der Waals surface area contributed by atoms with E-state index in [-0.39, 0.29) is 10.9 Å². The molecule has 32 heavy (non-hydrogen) atoms.